The summed E-state index contributed by atoms with van der Waals surface area (Å²) in [5, 5.41) is 3.63. The van der Waals surface area contributed by atoms with Crippen molar-refractivity contribution in [2.45, 2.75) is 51.3 Å². The number of hydrogen-bond donors (Lipinski definition) is 0. The van der Waals surface area contributed by atoms with E-state index in [9.17, 15) is 0 Å². The normalized spacial score (nSPS) is 12.3. The van der Waals surface area contributed by atoms with Crippen molar-refractivity contribution >= 4 is 92.7 Å². The van der Waals surface area contributed by atoms with Gasteiger partial charge in [-0.1, -0.05) is 70.1 Å². The van der Waals surface area contributed by atoms with Gasteiger partial charge in [0.05, 0.1) is 20.4 Å². The van der Waals surface area contributed by atoms with Crippen LogP contribution < -0.4 is 10.4 Å². The number of rotatable bonds is 19. The van der Waals surface area contributed by atoms with E-state index in [-0.39, 0.29) is 0 Å². The summed E-state index contributed by atoms with van der Waals surface area (Å²) >= 11 is 3.32. The molecule has 14 heteroatoms. The van der Waals surface area contributed by atoms with Gasteiger partial charge in [-0.25, -0.2) is 9.97 Å². The van der Waals surface area contributed by atoms with Crippen molar-refractivity contribution in [3.05, 3.63) is 84.9 Å². The van der Waals surface area contributed by atoms with Crippen molar-refractivity contribution in [3.63, 3.8) is 0 Å². The van der Waals surface area contributed by atoms with Gasteiger partial charge in [0.1, 0.15) is 10.0 Å². The molecule has 0 aliphatic heterocycles. The van der Waals surface area contributed by atoms with E-state index in [0.29, 0.717) is 39.6 Å². The minimum atomic E-state index is -3.44. The van der Waals surface area contributed by atoms with E-state index in [1.54, 1.807) is 44.3 Å². The van der Waals surface area contributed by atoms with Crippen LogP contribution in [0.25, 0.3) is 41.6 Å². The maximum atomic E-state index is 6.59. The summed E-state index contributed by atoms with van der Waals surface area (Å²) in [4.78, 5) is 12.1. The lowest BCUT2D eigenvalue weighted by Gasteiger charge is -2.32. The highest BCUT2D eigenvalue weighted by molar-refractivity contribution is 8.76. The first-order chi connectivity index (χ1) is 25.5. The monoisotopic (exact) mass is 808 g/mol. The van der Waals surface area contributed by atoms with Crippen LogP contribution in [-0.2, 0) is 26.6 Å². The molecular weight excluding hydrogens is 765 g/mol. The third-order valence-corrected chi connectivity index (χ3v) is 19.2. The van der Waals surface area contributed by atoms with Crippen molar-refractivity contribution in [1.29, 1.82) is 0 Å². The van der Waals surface area contributed by atoms with Gasteiger partial charge in [0, 0.05) is 70.9 Å². The van der Waals surface area contributed by atoms with Crippen LogP contribution >= 0.6 is 44.3 Å². The van der Waals surface area contributed by atoms with Gasteiger partial charge < -0.3 is 26.6 Å². The lowest BCUT2D eigenvalue weighted by molar-refractivity contribution is 0.0847. The Balaban J connectivity index is 1.54. The zero-order valence-electron chi connectivity index (χ0n) is 30.3. The summed E-state index contributed by atoms with van der Waals surface area (Å²) in [5.74, 6) is 0. The minimum absolute atomic E-state index is 0.442. The van der Waals surface area contributed by atoms with Crippen LogP contribution in [0.1, 0.15) is 41.5 Å². The van der Waals surface area contributed by atoms with Crippen LogP contribution in [0.3, 0.4) is 0 Å². The Kier molecular flexibility index (Phi) is 13.8. The molecular formula is C38H44N2O6S4Si2. The van der Waals surface area contributed by atoms with Crippen molar-refractivity contribution in [3.8, 4) is 21.1 Å². The molecule has 0 amide bonds. The molecule has 0 atom stereocenters. The summed E-state index contributed by atoms with van der Waals surface area (Å²) < 4.78 is 41.8. The summed E-state index contributed by atoms with van der Waals surface area (Å²) in [6, 6.07) is 29.1. The van der Waals surface area contributed by atoms with E-state index in [4.69, 9.17) is 36.5 Å². The molecule has 274 valence electrons. The summed E-state index contributed by atoms with van der Waals surface area (Å²) in [6.07, 6.45) is 0. The fourth-order valence-corrected chi connectivity index (χ4v) is 17.4. The second-order valence-electron chi connectivity index (χ2n) is 11.2. The Hall–Kier alpha value is -2.45. The molecule has 0 fully saturated rings. The first-order valence-corrected chi connectivity index (χ1v) is 24.9. The number of thiazole rings is 2. The van der Waals surface area contributed by atoms with E-state index >= 15 is 0 Å². The van der Waals surface area contributed by atoms with E-state index in [2.05, 4.69) is 48.5 Å². The topological polar surface area (TPSA) is 81.2 Å². The van der Waals surface area contributed by atoms with E-state index in [0.717, 1.165) is 61.7 Å². The van der Waals surface area contributed by atoms with Crippen LogP contribution in [0.15, 0.2) is 94.7 Å². The second-order valence-corrected chi connectivity index (χ2v) is 20.4. The summed E-state index contributed by atoms with van der Waals surface area (Å²) in [5.41, 5.74) is 3.83. The Morgan fingerprint density at radius 1 is 0.462 bits per heavy atom. The largest absolute Gasteiger partial charge is 0.539 e. The van der Waals surface area contributed by atoms with Crippen LogP contribution in [0.5, 0.6) is 0 Å². The third kappa shape index (κ3) is 8.14. The Bertz CT molecular complexity index is 1850. The predicted octanol–water partition coefficient (Wildman–Crippen LogP) is 9.55. The van der Waals surface area contributed by atoms with Crippen LogP contribution in [-0.4, -0.2) is 67.2 Å². The van der Waals surface area contributed by atoms with Gasteiger partial charge in [-0.2, -0.15) is 0 Å². The number of fused-ring (bicyclic) bond motifs is 2. The molecule has 6 rings (SSSR count). The molecule has 0 N–H and O–H groups in total. The number of para-hydroxylation sites is 2. The maximum absolute atomic E-state index is 6.59. The van der Waals surface area contributed by atoms with Gasteiger partial charge in [0.2, 0.25) is 0 Å². The fraction of sp³-hybridized carbons (Fsp3) is 0.316. The van der Waals surface area contributed by atoms with Gasteiger partial charge in [-0.05, 0) is 77.9 Å². The van der Waals surface area contributed by atoms with Gasteiger partial charge in [-0.3, -0.25) is 0 Å². The Morgan fingerprint density at radius 3 is 1.13 bits per heavy atom. The molecule has 2 heterocycles. The second kappa shape index (κ2) is 18.3. The van der Waals surface area contributed by atoms with Crippen LogP contribution in [0.4, 0.5) is 0 Å². The van der Waals surface area contributed by atoms with E-state index < -0.39 is 17.6 Å². The molecule has 2 aromatic heterocycles. The molecule has 0 unspecified atom stereocenters. The Morgan fingerprint density at radius 2 is 0.808 bits per heavy atom. The van der Waals surface area contributed by atoms with Crippen molar-refractivity contribution in [2.24, 2.45) is 0 Å². The van der Waals surface area contributed by atoms with Gasteiger partial charge in [-0.15, -0.1) is 22.7 Å². The van der Waals surface area contributed by atoms with Gasteiger partial charge in [0.25, 0.3) is 0 Å². The molecule has 0 saturated carbocycles. The average Bonchev–Trinajstić information content (AvgIpc) is 3.79. The molecule has 0 radical (unpaired) electrons. The highest BCUT2D eigenvalue weighted by Gasteiger charge is 2.49. The number of nitrogens with zero attached hydrogens (tertiary/aromatic N) is 2. The highest BCUT2D eigenvalue weighted by Crippen LogP contribution is 2.42. The molecule has 0 aliphatic carbocycles. The smallest absolute Gasteiger partial charge is 0.370 e. The molecule has 8 nitrogen and oxygen atoms in total. The third-order valence-electron chi connectivity index (χ3n) is 7.94. The minimum Gasteiger partial charge on any atom is -0.370 e. The molecule has 0 saturated heterocycles. The van der Waals surface area contributed by atoms with E-state index in [1.807, 2.05) is 77.9 Å². The fourth-order valence-electron chi connectivity index (χ4n) is 6.08. The quantitative estimate of drug-likeness (QED) is 0.0583. The number of benzene rings is 4. The van der Waals surface area contributed by atoms with Gasteiger partial charge in [0.15, 0.2) is 0 Å². The molecule has 0 bridgehead atoms. The first-order valence-electron chi connectivity index (χ1n) is 17.6. The van der Waals surface area contributed by atoms with Gasteiger partial charge >= 0.3 is 17.6 Å². The zero-order valence-corrected chi connectivity index (χ0v) is 35.6. The van der Waals surface area contributed by atoms with Crippen molar-refractivity contribution in [1.82, 2.24) is 9.97 Å². The van der Waals surface area contributed by atoms with Crippen LogP contribution in [0.2, 0.25) is 0 Å². The standard InChI is InChI=1S/C38H44N2O6S4Si2/c1-7-41-51(42-8-2,43-9-3)35-27(37-39-29-21-13-15-23-31(29)47-37)19-17-25-33(35)49-50-34-26-18-20-28(38-40-30-22-14-16-24-32(30)48-38)36(34)52(44-10-4,45-11-5)46-12-6/h13-26H,7-12H2,1-6H3. The van der Waals surface area contributed by atoms with Crippen molar-refractivity contribution < 1.29 is 26.6 Å². The predicted molar refractivity (Wildman–Crippen MR) is 222 cm³/mol. The number of hydrogen-bond acceptors (Lipinski definition) is 12. The average molecular weight is 809 g/mol. The zero-order chi connectivity index (χ0) is 36.6. The highest BCUT2D eigenvalue weighted by atomic mass is 33.1. The maximum Gasteiger partial charge on any atom is 0.539 e. The van der Waals surface area contributed by atoms with Crippen molar-refractivity contribution in [2.75, 3.05) is 39.6 Å². The summed E-state index contributed by atoms with van der Waals surface area (Å²) in [6.45, 7) is 14.6. The number of aromatic nitrogens is 2. The molecule has 6 aromatic rings. The molecule has 0 aliphatic rings. The van der Waals surface area contributed by atoms with E-state index in [1.165, 1.54) is 0 Å². The summed E-state index contributed by atoms with van der Waals surface area (Å²) in [7, 11) is -3.60. The first kappa shape index (κ1) is 39.3. The lowest BCUT2D eigenvalue weighted by Crippen LogP contribution is -2.58. The molecule has 4 aromatic carbocycles. The molecule has 0 spiro atoms. The lowest BCUT2D eigenvalue weighted by atomic mass is 10.2. The van der Waals surface area contributed by atoms with Crippen LogP contribution in [0, 0.1) is 0 Å². The Labute approximate surface area is 324 Å². The SMILES string of the molecule is CCO[Si](OCC)(OCC)c1c(SSc2cccc(-c3nc4ccccc4s3)c2[Si](OCC)(OCC)OCC)cccc1-c1nc2ccccc2s1. The molecule has 52 heavy (non-hydrogen) atoms.